The second-order valence-electron chi connectivity index (χ2n) is 1.31. The topological polar surface area (TPSA) is 38.0 Å². The molecule has 1 unspecified atom stereocenters. The maximum Gasteiger partial charge on any atom is 0.0216 e. The molecule has 0 radical (unpaired) electrons. The largest absolute Gasteiger partial charge is 0.333 e. The van der Waals surface area contributed by atoms with Gasteiger partial charge in [0, 0.05) is 6.04 Å². The molecule has 0 aromatic heterocycles. The second kappa shape index (κ2) is 9.83. The smallest absolute Gasteiger partial charge is 0.0216 e. The van der Waals surface area contributed by atoms with Crippen molar-refractivity contribution in [3.05, 3.63) is 12.7 Å². The van der Waals surface area contributed by atoms with Gasteiger partial charge in [-0.15, -0.1) is 6.58 Å². The van der Waals surface area contributed by atoms with E-state index < -0.39 is 0 Å². The van der Waals surface area contributed by atoms with E-state index in [0.29, 0.717) is 6.04 Å². The van der Waals surface area contributed by atoms with Crippen molar-refractivity contribution in [3.8, 4) is 0 Å². The third-order valence-electron chi connectivity index (χ3n) is 0.809. The molecule has 0 aliphatic heterocycles. The molecular weight excluding hydrogens is 100 g/mol. The fraction of sp³-hybridized carbons (Fsp3) is 0.667. The van der Waals surface area contributed by atoms with Crippen molar-refractivity contribution in [1.82, 2.24) is 5.32 Å². The SMILES string of the molecule is C=CC(C)NC.CN. The van der Waals surface area contributed by atoms with E-state index in [0.717, 1.165) is 0 Å². The lowest BCUT2D eigenvalue weighted by Gasteiger charge is -1.98. The molecule has 0 aliphatic rings. The molecule has 0 saturated carbocycles. The quantitative estimate of drug-likeness (QED) is 0.511. The summed E-state index contributed by atoms with van der Waals surface area (Å²) in [5.74, 6) is 0. The normalized spacial score (nSPS) is 11.0. The van der Waals surface area contributed by atoms with Crippen molar-refractivity contribution < 1.29 is 0 Å². The molecule has 0 spiro atoms. The first-order valence-corrected chi connectivity index (χ1v) is 2.68. The van der Waals surface area contributed by atoms with E-state index in [4.69, 9.17) is 0 Å². The summed E-state index contributed by atoms with van der Waals surface area (Å²) in [6.45, 7) is 5.62. The van der Waals surface area contributed by atoms with Gasteiger partial charge < -0.3 is 11.1 Å². The molecule has 0 aromatic rings. The number of likely N-dealkylation sites (N-methyl/N-ethyl adjacent to an activating group) is 1. The molecule has 0 aromatic carbocycles. The van der Waals surface area contributed by atoms with Crippen molar-refractivity contribution in [2.24, 2.45) is 5.73 Å². The zero-order valence-corrected chi connectivity index (χ0v) is 5.94. The van der Waals surface area contributed by atoms with Crippen LogP contribution in [0, 0.1) is 0 Å². The van der Waals surface area contributed by atoms with Crippen LogP contribution in [-0.4, -0.2) is 20.1 Å². The Morgan fingerprint density at radius 1 is 1.62 bits per heavy atom. The van der Waals surface area contributed by atoms with E-state index in [2.05, 4.69) is 17.6 Å². The van der Waals surface area contributed by atoms with Crippen LogP contribution in [0.4, 0.5) is 0 Å². The number of hydrogen-bond acceptors (Lipinski definition) is 2. The molecule has 0 rings (SSSR count). The Balaban J connectivity index is 0. The van der Waals surface area contributed by atoms with Gasteiger partial charge in [-0.3, -0.25) is 0 Å². The molecule has 1 atom stereocenters. The molecule has 0 amide bonds. The van der Waals surface area contributed by atoms with Gasteiger partial charge in [0.05, 0.1) is 0 Å². The summed E-state index contributed by atoms with van der Waals surface area (Å²) in [5, 5.41) is 3.00. The fourth-order valence-electron chi connectivity index (χ4n) is 0.118. The van der Waals surface area contributed by atoms with Crippen molar-refractivity contribution in [3.63, 3.8) is 0 Å². The zero-order chi connectivity index (χ0) is 6.99. The minimum Gasteiger partial charge on any atom is -0.333 e. The summed E-state index contributed by atoms with van der Waals surface area (Å²) in [6, 6.07) is 0.449. The summed E-state index contributed by atoms with van der Waals surface area (Å²) >= 11 is 0. The van der Waals surface area contributed by atoms with E-state index in [1.165, 1.54) is 7.05 Å². The van der Waals surface area contributed by atoms with Crippen LogP contribution in [-0.2, 0) is 0 Å². The van der Waals surface area contributed by atoms with Crippen molar-refractivity contribution >= 4 is 0 Å². The summed E-state index contributed by atoms with van der Waals surface area (Å²) < 4.78 is 0. The maximum absolute atomic E-state index is 4.50. The van der Waals surface area contributed by atoms with Gasteiger partial charge >= 0.3 is 0 Å². The van der Waals surface area contributed by atoms with Crippen LogP contribution < -0.4 is 11.1 Å². The highest BCUT2D eigenvalue weighted by molar-refractivity contribution is 4.79. The van der Waals surface area contributed by atoms with Gasteiger partial charge in [-0.1, -0.05) is 6.08 Å². The van der Waals surface area contributed by atoms with Crippen LogP contribution in [0.3, 0.4) is 0 Å². The predicted octanol–water partition coefficient (Wildman–Crippen LogP) is 0.355. The number of nitrogens with one attached hydrogen (secondary N) is 1. The van der Waals surface area contributed by atoms with E-state index in [1.54, 1.807) is 0 Å². The Labute approximate surface area is 51.8 Å². The zero-order valence-electron chi connectivity index (χ0n) is 5.94. The summed E-state index contributed by atoms with van der Waals surface area (Å²) in [4.78, 5) is 0. The van der Waals surface area contributed by atoms with Gasteiger partial charge in [-0.05, 0) is 21.0 Å². The minimum atomic E-state index is 0.449. The van der Waals surface area contributed by atoms with Gasteiger partial charge in [0.15, 0.2) is 0 Å². The first-order valence-electron chi connectivity index (χ1n) is 2.68. The molecule has 8 heavy (non-hydrogen) atoms. The molecule has 0 saturated heterocycles. The van der Waals surface area contributed by atoms with Gasteiger partial charge in [-0.2, -0.15) is 0 Å². The number of rotatable bonds is 2. The Morgan fingerprint density at radius 3 is 2.00 bits per heavy atom. The standard InChI is InChI=1S/C5H11N.CH5N/c1-4-5(2)6-3;1-2/h4-6H,1H2,2-3H3;2H2,1H3. The average Bonchev–Trinajstić information content (AvgIpc) is 1.91. The van der Waals surface area contributed by atoms with Crippen LogP contribution in [0.5, 0.6) is 0 Å². The van der Waals surface area contributed by atoms with E-state index in [1.807, 2.05) is 20.0 Å². The molecule has 0 fully saturated rings. The molecule has 0 aliphatic carbocycles. The van der Waals surface area contributed by atoms with Gasteiger partial charge in [-0.25, -0.2) is 0 Å². The molecule has 0 heterocycles. The van der Waals surface area contributed by atoms with Gasteiger partial charge in [0.1, 0.15) is 0 Å². The molecule has 0 bridgehead atoms. The van der Waals surface area contributed by atoms with E-state index in [-0.39, 0.29) is 0 Å². The van der Waals surface area contributed by atoms with Crippen LogP contribution in [0.15, 0.2) is 12.7 Å². The minimum absolute atomic E-state index is 0.449. The highest BCUT2D eigenvalue weighted by Gasteiger charge is 1.81. The van der Waals surface area contributed by atoms with E-state index in [9.17, 15) is 0 Å². The highest BCUT2D eigenvalue weighted by Crippen LogP contribution is 1.74. The van der Waals surface area contributed by atoms with Crippen LogP contribution in [0.1, 0.15) is 6.92 Å². The van der Waals surface area contributed by atoms with Crippen LogP contribution in [0.2, 0.25) is 0 Å². The molecule has 2 nitrogen and oxygen atoms in total. The first kappa shape index (κ1) is 10.6. The Kier molecular flexibility index (Phi) is 13.0. The first-order chi connectivity index (χ1) is 3.81. The Hall–Kier alpha value is -0.340. The van der Waals surface area contributed by atoms with Gasteiger partial charge in [0.2, 0.25) is 0 Å². The number of hydrogen-bond donors (Lipinski definition) is 2. The fourth-order valence-corrected chi connectivity index (χ4v) is 0.118. The average molecular weight is 116 g/mol. The molecule has 50 valence electrons. The molecule has 2 heteroatoms. The molecule has 3 N–H and O–H groups in total. The number of nitrogens with two attached hydrogens (primary N) is 1. The summed E-state index contributed by atoms with van der Waals surface area (Å²) in [5.41, 5.74) is 4.50. The third-order valence-corrected chi connectivity index (χ3v) is 0.809. The van der Waals surface area contributed by atoms with Crippen LogP contribution >= 0.6 is 0 Å². The van der Waals surface area contributed by atoms with Crippen molar-refractivity contribution in [2.75, 3.05) is 14.1 Å². The van der Waals surface area contributed by atoms with Crippen LogP contribution in [0.25, 0.3) is 0 Å². The van der Waals surface area contributed by atoms with Crippen molar-refractivity contribution in [2.45, 2.75) is 13.0 Å². The van der Waals surface area contributed by atoms with Crippen molar-refractivity contribution in [1.29, 1.82) is 0 Å². The van der Waals surface area contributed by atoms with E-state index >= 15 is 0 Å². The van der Waals surface area contributed by atoms with Gasteiger partial charge in [0.25, 0.3) is 0 Å². The monoisotopic (exact) mass is 116 g/mol. The second-order valence-corrected chi connectivity index (χ2v) is 1.31. The lowest BCUT2D eigenvalue weighted by molar-refractivity contribution is 0.730. The summed E-state index contributed by atoms with van der Waals surface area (Å²) in [6.07, 6.45) is 1.86. The Bertz CT molecular complexity index is 43.8. The predicted molar refractivity (Wildman–Crippen MR) is 38.8 cm³/mol. The third kappa shape index (κ3) is 9.18. The lowest BCUT2D eigenvalue weighted by Crippen LogP contribution is -2.17. The Morgan fingerprint density at radius 2 is 2.00 bits per heavy atom. The molecular formula is C6H16N2. The summed E-state index contributed by atoms with van der Waals surface area (Å²) in [7, 11) is 3.41. The highest BCUT2D eigenvalue weighted by atomic mass is 14.8. The lowest BCUT2D eigenvalue weighted by atomic mass is 10.3. The maximum atomic E-state index is 4.50.